The Balaban J connectivity index is 0. The van der Waals surface area contributed by atoms with Crippen molar-refractivity contribution in [3.63, 3.8) is 0 Å². The van der Waals surface area contributed by atoms with Crippen LogP contribution in [0.1, 0.15) is 51.9 Å². The number of carboxylic acids is 1. The van der Waals surface area contributed by atoms with E-state index in [0.29, 0.717) is 6.42 Å². The molecular formula is C9H18O2Zn+2. The van der Waals surface area contributed by atoms with E-state index in [-0.39, 0.29) is 19.5 Å². The summed E-state index contributed by atoms with van der Waals surface area (Å²) in [5.74, 6) is -0.666. The summed E-state index contributed by atoms with van der Waals surface area (Å²) in [6.07, 6.45) is 7.25. The first-order valence-corrected chi connectivity index (χ1v) is 4.49. The van der Waals surface area contributed by atoms with Crippen molar-refractivity contribution in [2.24, 2.45) is 0 Å². The van der Waals surface area contributed by atoms with Gasteiger partial charge in [-0.05, 0) is 6.42 Å². The Bertz CT molecular complexity index is 105. The number of carbonyl (C=O) groups is 1. The minimum absolute atomic E-state index is 0. The van der Waals surface area contributed by atoms with E-state index in [2.05, 4.69) is 6.92 Å². The third-order valence-electron chi connectivity index (χ3n) is 1.74. The van der Waals surface area contributed by atoms with Gasteiger partial charge in [-0.15, -0.1) is 0 Å². The van der Waals surface area contributed by atoms with Gasteiger partial charge in [0, 0.05) is 6.42 Å². The van der Waals surface area contributed by atoms with Gasteiger partial charge in [0.05, 0.1) is 0 Å². The summed E-state index contributed by atoms with van der Waals surface area (Å²) in [7, 11) is 0. The van der Waals surface area contributed by atoms with Crippen LogP contribution in [0.4, 0.5) is 0 Å². The van der Waals surface area contributed by atoms with Crippen molar-refractivity contribution in [1.29, 1.82) is 0 Å². The molecule has 0 atom stereocenters. The second-order valence-corrected chi connectivity index (χ2v) is 2.91. The average molecular weight is 224 g/mol. The molecule has 0 saturated carbocycles. The van der Waals surface area contributed by atoms with E-state index in [0.717, 1.165) is 12.8 Å². The van der Waals surface area contributed by atoms with Gasteiger partial charge in [-0.1, -0.05) is 39.0 Å². The van der Waals surface area contributed by atoms with E-state index in [1.165, 1.54) is 25.7 Å². The molecule has 0 aromatic heterocycles. The summed E-state index contributed by atoms with van der Waals surface area (Å²) < 4.78 is 0. The van der Waals surface area contributed by atoms with Crippen LogP contribution < -0.4 is 0 Å². The summed E-state index contributed by atoms with van der Waals surface area (Å²) in [4.78, 5) is 10.1. The molecule has 0 radical (unpaired) electrons. The van der Waals surface area contributed by atoms with E-state index in [4.69, 9.17) is 5.11 Å². The van der Waals surface area contributed by atoms with Crippen molar-refractivity contribution in [2.75, 3.05) is 0 Å². The third kappa shape index (κ3) is 12.7. The van der Waals surface area contributed by atoms with E-state index >= 15 is 0 Å². The zero-order valence-electron chi connectivity index (χ0n) is 8.01. The first kappa shape index (κ1) is 14.6. The van der Waals surface area contributed by atoms with E-state index in [9.17, 15) is 4.79 Å². The Morgan fingerprint density at radius 3 is 2.08 bits per heavy atom. The number of hydrogen-bond acceptors (Lipinski definition) is 1. The van der Waals surface area contributed by atoms with E-state index in [1.54, 1.807) is 0 Å². The average Bonchev–Trinajstić information content (AvgIpc) is 1.96. The first-order valence-electron chi connectivity index (χ1n) is 4.49. The van der Waals surface area contributed by atoms with Gasteiger partial charge in [0.25, 0.3) is 0 Å². The molecule has 2 nitrogen and oxygen atoms in total. The van der Waals surface area contributed by atoms with Crippen LogP contribution in [0.5, 0.6) is 0 Å². The quantitative estimate of drug-likeness (QED) is 0.532. The van der Waals surface area contributed by atoms with Gasteiger partial charge >= 0.3 is 25.4 Å². The molecule has 3 heteroatoms. The molecule has 0 rings (SSSR count). The van der Waals surface area contributed by atoms with Crippen molar-refractivity contribution < 1.29 is 29.4 Å². The van der Waals surface area contributed by atoms with Gasteiger partial charge in [0.15, 0.2) is 0 Å². The molecule has 0 spiro atoms. The van der Waals surface area contributed by atoms with Gasteiger partial charge < -0.3 is 5.11 Å². The van der Waals surface area contributed by atoms with Crippen LogP contribution >= 0.6 is 0 Å². The second-order valence-electron chi connectivity index (χ2n) is 2.91. The molecule has 0 bridgehead atoms. The summed E-state index contributed by atoms with van der Waals surface area (Å²) >= 11 is 0. The predicted octanol–water partition coefficient (Wildman–Crippen LogP) is 2.82. The van der Waals surface area contributed by atoms with Crippen LogP contribution in [0, 0.1) is 0 Å². The Kier molecular flexibility index (Phi) is 13.5. The maximum Gasteiger partial charge on any atom is 2.00 e. The Labute approximate surface area is 87.5 Å². The van der Waals surface area contributed by atoms with Gasteiger partial charge in [0.2, 0.25) is 0 Å². The molecule has 1 N–H and O–H groups in total. The Morgan fingerprint density at radius 2 is 1.58 bits per heavy atom. The molecule has 12 heavy (non-hydrogen) atoms. The fourth-order valence-electron chi connectivity index (χ4n) is 1.06. The van der Waals surface area contributed by atoms with Crippen LogP contribution in [0.15, 0.2) is 0 Å². The van der Waals surface area contributed by atoms with E-state index in [1.807, 2.05) is 0 Å². The molecular weight excluding hydrogens is 205 g/mol. The molecule has 0 aliphatic carbocycles. The standard InChI is InChI=1S/C9H18O2.Zn/c1-2-3-4-5-6-7-8-9(10)11;/h2-8H2,1H3,(H,10,11);/q;+2. The van der Waals surface area contributed by atoms with Crippen molar-refractivity contribution in [3.05, 3.63) is 0 Å². The van der Waals surface area contributed by atoms with Crippen LogP contribution in [0.25, 0.3) is 0 Å². The molecule has 66 valence electrons. The molecule has 0 heterocycles. The smallest absolute Gasteiger partial charge is 0.481 e. The second kappa shape index (κ2) is 11.1. The number of aliphatic carboxylic acids is 1. The number of unbranched alkanes of at least 4 members (excludes halogenated alkanes) is 5. The molecule has 0 amide bonds. The molecule has 0 aromatic rings. The SMILES string of the molecule is CCCCCCCCC(=O)O.[Zn+2]. The Morgan fingerprint density at radius 1 is 1.08 bits per heavy atom. The minimum atomic E-state index is -0.666. The van der Waals surface area contributed by atoms with Gasteiger partial charge in [-0.3, -0.25) is 4.79 Å². The summed E-state index contributed by atoms with van der Waals surface area (Å²) in [5.41, 5.74) is 0. The topological polar surface area (TPSA) is 37.3 Å². The predicted molar refractivity (Wildman–Crippen MR) is 45.6 cm³/mol. The van der Waals surface area contributed by atoms with Crippen LogP contribution in [0.2, 0.25) is 0 Å². The van der Waals surface area contributed by atoms with Crippen LogP contribution in [-0.2, 0) is 24.3 Å². The van der Waals surface area contributed by atoms with Crippen molar-refractivity contribution in [3.8, 4) is 0 Å². The monoisotopic (exact) mass is 222 g/mol. The van der Waals surface area contributed by atoms with Gasteiger partial charge in [0.1, 0.15) is 0 Å². The first-order chi connectivity index (χ1) is 5.27. The molecule has 0 fully saturated rings. The molecule has 0 saturated heterocycles. The fraction of sp³-hybridized carbons (Fsp3) is 0.889. The van der Waals surface area contributed by atoms with Crippen LogP contribution in [0.3, 0.4) is 0 Å². The summed E-state index contributed by atoms with van der Waals surface area (Å²) in [6, 6.07) is 0. The largest absolute Gasteiger partial charge is 2.00 e. The molecule has 0 aliphatic heterocycles. The van der Waals surface area contributed by atoms with Crippen molar-refractivity contribution in [1.82, 2.24) is 0 Å². The van der Waals surface area contributed by atoms with Crippen LogP contribution in [-0.4, -0.2) is 11.1 Å². The van der Waals surface area contributed by atoms with Gasteiger partial charge in [-0.2, -0.15) is 0 Å². The normalized spacial score (nSPS) is 9.08. The number of hydrogen-bond donors (Lipinski definition) is 1. The maximum atomic E-state index is 10.1. The van der Waals surface area contributed by atoms with Gasteiger partial charge in [-0.25, -0.2) is 0 Å². The fourth-order valence-corrected chi connectivity index (χ4v) is 1.06. The molecule has 0 unspecified atom stereocenters. The summed E-state index contributed by atoms with van der Waals surface area (Å²) in [6.45, 7) is 2.18. The van der Waals surface area contributed by atoms with Crippen molar-refractivity contribution in [2.45, 2.75) is 51.9 Å². The van der Waals surface area contributed by atoms with Crippen molar-refractivity contribution >= 4 is 5.97 Å². The zero-order chi connectivity index (χ0) is 8.53. The Hall–Kier alpha value is 0.0934. The maximum absolute atomic E-state index is 10.1. The minimum Gasteiger partial charge on any atom is -0.481 e. The number of rotatable bonds is 7. The zero-order valence-corrected chi connectivity index (χ0v) is 11.0. The molecule has 0 aliphatic rings. The third-order valence-corrected chi connectivity index (χ3v) is 1.74. The molecule has 0 aromatic carbocycles. The number of carboxylic acid groups (broad SMARTS) is 1. The summed E-state index contributed by atoms with van der Waals surface area (Å²) in [5, 5.41) is 8.32. The van der Waals surface area contributed by atoms with E-state index < -0.39 is 5.97 Å².